The van der Waals surface area contributed by atoms with E-state index in [-0.39, 0.29) is 5.91 Å². The first-order chi connectivity index (χ1) is 11.8. The van der Waals surface area contributed by atoms with Gasteiger partial charge >= 0.3 is 0 Å². The fourth-order valence-electron chi connectivity index (χ4n) is 2.41. The Bertz CT molecular complexity index is 754. The highest BCUT2D eigenvalue weighted by Crippen LogP contribution is 2.29. The zero-order valence-corrected chi connectivity index (χ0v) is 14.5. The Morgan fingerprint density at radius 1 is 1.04 bits per heavy atom. The molecule has 2 aromatic carbocycles. The van der Waals surface area contributed by atoms with Crippen molar-refractivity contribution in [1.29, 1.82) is 0 Å². The molecule has 3 rings (SSSR count). The lowest BCUT2D eigenvalue weighted by Crippen LogP contribution is -2.30. The molecule has 4 heteroatoms. The normalized spacial score (nSPS) is 15.9. The summed E-state index contributed by atoms with van der Waals surface area (Å²) in [7, 11) is 0. The number of aliphatic imine (C=N–C) groups is 1. The van der Waals surface area contributed by atoms with Crippen LogP contribution in [-0.2, 0) is 4.79 Å². The van der Waals surface area contributed by atoms with E-state index in [4.69, 9.17) is 0 Å². The molecule has 0 spiro atoms. The average molecular weight is 336 g/mol. The van der Waals surface area contributed by atoms with Crippen molar-refractivity contribution in [1.82, 2.24) is 0 Å². The van der Waals surface area contributed by atoms with Crippen LogP contribution in [0.2, 0.25) is 0 Å². The number of benzene rings is 2. The fourth-order valence-corrected chi connectivity index (χ4v) is 3.51. The van der Waals surface area contributed by atoms with Crippen LogP contribution in [-0.4, -0.2) is 16.8 Å². The maximum Gasteiger partial charge on any atom is 0.283 e. The zero-order valence-electron chi connectivity index (χ0n) is 13.7. The Morgan fingerprint density at radius 2 is 1.71 bits per heavy atom. The van der Waals surface area contributed by atoms with Crippen LogP contribution in [0, 0.1) is 0 Å². The van der Waals surface area contributed by atoms with Gasteiger partial charge in [-0.25, -0.2) is 4.99 Å². The van der Waals surface area contributed by atoms with Crippen LogP contribution < -0.4 is 4.90 Å². The molecular formula is C20H20N2OS. The summed E-state index contributed by atoms with van der Waals surface area (Å²) in [6.07, 6.45) is 4.09. The third-order valence-electron chi connectivity index (χ3n) is 3.68. The van der Waals surface area contributed by atoms with E-state index < -0.39 is 0 Å². The first kappa shape index (κ1) is 16.5. The number of anilines is 1. The SMILES string of the molecule is CCCCSC1=N/C(=C\c2ccccc2)C(=O)N1c1ccccc1. The molecule has 0 N–H and O–H groups in total. The second-order valence-corrected chi connectivity index (χ2v) is 6.57. The van der Waals surface area contributed by atoms with Crippen molar-refractivity contribution in [2.75, 3.05) is 10.7 Å². The van der Waals surface area contributed by atoms with E-state index in [1.807, 2.05) is 66.7 Å². The van der Waals surface area contributed by atoms with E-state index in [0.29, 0.717) is 5.70 Å². The number of para-hydroxylation sites is 1. The first-order valence-corrected chi connectivity index (χ1v) is 9.16. The highest BCUT2D eigenvalue weighted by Gasteiger charge is 2.31. The van der Waals surface area contributed by atoms with E-state index >= 15 is 0 Å². The number of unbranched alkanes of at least 4 members (excludes halogenated alkanes) is 1. The lowest BCUT2D eigenvalue weighted by molar-refractivity contribution is -0.113. The fraction of sp³-hybridized carbons (Fsp3) is 0.200. The molecule has 0 radical (unpaired) electrons. The quantitative estimate of drug-likeness (QED) is 0.571. The van der Waals surface area contributed by atoms with Gasteiger partial charge in [0.05, 0.1) is 5.69 Å². The van der Waals surface area contributed by atoms with Crippen molar-refractivity contribution in [2.45, 2.75) is 19.8 Å². The van der Waals surface area contributed by atoms with Gasteiger partial charge in [-0.2, -0.15) is 0 Å². The molecule has 24 heavy (non-hydrogen) atoms. The summed E-state index contributed by atoms with van der Waals surface area (Å²) in [6, 6.07) is 19.6. The minimum Gasteiger partial charge on any atom is -0.266 e. The molecule has 3 nitrogen and oxygen atoms in total. The minimum absolute atomic E-state index is 0.0657. The second kappa shape index (κ2) is 7.97. The predicted molar refractivity (Wildman–Crippen MR) is 103 cm³/mol. The second-order valence-electron chi connectivity index (χ2n) is 5.51. The van der Waals surface area contributed by atoms with Gasteiger partial charge in [-0.05, 0) is 30.2 Å². The smallest absolute Gasteiger partial charge is 0.266 e. The van der Waals surface area contributed by atoms with Gasteiger partial charge in [0.2, 0.25) is 0 Å². The molecule has 1 amide bonds. The first-order valence-electron chi connectivity index (χ1n) is 8.17. The number of thioether (sulfide) groups is 1. The topological polar surface area (TPSA) is 32.7 Å². The Kier molecular flexibility index (Phi) is 5.49. The van der Waals surface area contributed by atoms with E-state index in [1.165, 1.54) is 0 Å². The summed E-state index contributed by atoms with van der Waals surface area (Å²) in [6.45, 7) is 2.16. The summed E-state index contributed by atoms with van der Waals surface area (Å²) in [5.41, 5.74) is 2.34. The Balaban J connectivity index is 1.92. The summed E-state index contributed by atoms with van der Waals surface area (Å²) < 4.78 is 0. The minimum atomic E-state index is -0.0657. The van der Waals surface area contributed by atoms with Gasteiger partial charge in [0.1, 0.15) is 5.70 Å². The molecule has 122 valence electrons. The molecule has 0 saturated heterocycles. The average Bonchev–Trinajstić information content (AvgIpc) is 2.92. The van der Waals surface area contributed by atoms with E-state index in [2.05, 4.69) is 11.9 Å². The molecule has 1 aliphatic rings. The zero-order chi connectivity index (χ0) is 16.8. The maximum absolute atomic E-state index is 12.9. The number of carbonyl (C=O) groups is 1. The Labute approximate surface area is 147 Å². The Morgan fingerprint density at radius 3 is 2.38 bits per heavy atom. The predicted octanol–water partition coefficient (Wildman–Crippen LogP) is 4.96. The number of hydrogen-bond acceptors (Lipinski definition) is 3. The van der Waals surface area contributed by atoms with Gasteiger partial charge in [-0.3, -0.25) is 9.69 Å². The molecule has 1 aliphatic heterocycles. The van der Waals surface area contributed by atoms with Gasteiger partial charge in [-0.15, -0.1) is 0 Å². The molecule has 0 fully saturated rings. The molecule has 0 atom stereocenters. The van der Waals surface area contributed by atoms with Gasteiger partial charge in [0.25, 0.3) is 5.91 Å². The molecule has 0 aliphatic carbocycles. The molecular weight excluding hydrogens is 316 g/mol. The highest BCUT2D eigenvalue weighted by molar-refractivity contribution is 8.14. The molecule has 0 unspecified atom stereocenters. The van der Waals surface area contributed by atoms with Crippen molar-refractivity contribution in [3.8, 4) is 0 Å². The molecule has 0 bridgehead atoms. The van der Waals surface area contributed by atoms with Crippen molar-refractivity contribution >= 4 is 34.6 Å². The monoisotopic (exact) mass is 336 g/mol. The molecule has 2 aromatic rings. The summed E-state index contributed by atoms with van der Waals surface area (Å²) in [5.74, 6) is 0.897. The largest absolute Gasteiger partial charge is 0.283 e. The molecule has 1 heterocycles. The van der Waals surface area contributed by atoms with Crippen LogP contribution in [0.4, 0.5) is 5.69 Å². The number of hydrogen-bond donors (Lipinski definition) is 0. The summed E-state index contributed by atoms with van der Waals surface area (Å²) in [5, 5.41) is 0.766. The van der Waals surface area contributed by atoms with Gasteiger partial charge in [-0.1, -0.05) is 73.6 Å². The van der Waals surface area contributed by atoms with Crippen LogP contribution >= 0.6 is 11.8 Å². The van der Waals surface area contributed by atoms with E-state index in [9.17, 15) is 4.79 Å². The highest BCUT2D eigenvalue weighted by atomic mass is 32.2. The lowest BCUT2D eigenvalue weighted by Gasteiger charge is -2.17. The van der Waals surface area contributed by atoms with Crippen molar-refractivity contribution in [3.05, 3.63) is 71.9 Å². The van der Waals surface area contributed by atoms with Crippen LogP contribution in [0.25, 0.3) is 6.08 Å². The standard InChI is InChI=1S/C20H20N2OS/c1-2-3-14-24-20-21-18(15-16-10-6-4-7-11-16)19(23)22(20)17-12-8-5-9-13-17/h4-13,15H,2-3,14H2,1H3/b18-15-. The van der Waals surface area contributed by atoms with E-state index in [1.54, 1.807) is 16.7 Å². The van der Waals surface area contributed by atoms with Gasteiger partial charge in [0, 0.05) is 5.75 Å². The van der Waals surface area contributed by atoms with Crippen molar-refractivity contribution in [2.24, 2.45) is 4.99 Å². The summed E-state index contributed by atoms with van der Waals surface area (Å²) >= 11 is 1.64. The van der Waals surface area contributed by atoms with Crippen LogP contribution in [0.3, 0.4) is 0 Å². The van der Waals surface area contributed by atoms with Gasteiger partial charge < -0.3 is 0 Å². The van der Waals surface area contributed by atoms with Crippen LogP contribution in [0.1, 0.15) is 25.3 Å². The van der Waals surface area contributed by atoms with Gasteiger partial charge in [0.15, 0.2) is 5.17 Å². The third kappa shape index (κ3) is 3.77. The van der Waals surface area contributed by atoms with E-state index in [0.717, 1.165) is 35.0 Å². The number of amides is 1. The molecule has 0 saturated carbocycles. The third-order valence-corrected chi connectivity index (χ3v) is 4.70. The maximum atomic E-state index is 12.9. The number of nitrogens with zero attached hydrogens (tertiary/aromatic N) is 2. The van der Waals surface area contributed by atoms with Crippen LogP contribution in [0.15, 0.2) is 71.4 Å². The Hall–Kier alpha value is -2.33. The number of carbonyl (C=O) groups excluding carboxylic acids is 1. The van der Waals surface area contributed by atoms with Crippen molar-refractivity contribution in [3.63, 3.8) is 0 Å². The summed E-state index contributed by atoms with van der Waals surface area (Å²) in [4.78, 5) is 19.2. The number of rotatable bonds is 5. The lowest BCUT2D eigenvalue weighted by atomic mass is 10.2. The number of amidine groups is 1. The molecule has 0 aromatic heterocycles. The van der Waals surface area contributed by atoms with Crippen LogP contribution in [0.5, 0.6) is 0 Å². The van der Waals surface area contributed by atoms with Crippen molar-refractivity contribution < 1.29 is 4.79 Å².